The highest BCUT2D eigenvalue weighted by Gasteiger charge is 2.30. The fourth-order valence-corrected chi connectivity index (χ4v) is 3.70. The van der Waals surface area contributed by atoms with Crippen molar-refractivity contribution in [2.24, 2.45) is 10.9 Å². The molecule has 4 heteroatoms. The SMILES string of the molecule is Cc1noc2c1-c1ccccc1C(c1ccc(Cl)cc1)=N[C@H]2CC(C)C. The van der Waals surface area contributed by atoms with Gasteiger partial charge in [-0.25, -0.2) is 0 Å². The molecule has 0 saturated heterocycles. The van der Waals surface area contributed by atoms with Crippen LogP contribution in [-0.2, 0) is 0 Å². The summed E-state index contributed by atoms with van der Waals surface area (Å²) in [7, 11) is 0. The number of hydrogen-bond donors (Lipinski definition) is 0. The highest BCUT2D eigenvalue weighted by molar-refractivity contribution is 6.30. The normalized spacial score (nSPS) is 16.0. The standard InChI is InChI=1S/C22H21ClN2O/c1-13(2)12-19-22-20(14(3)25-26-22)17-6-4-5-7-18(17)21(24-19)15-8-10-16(23)11-9-15/h4-11,13,19H,12H2,1-3H3/t19-/m0/s1. The van der Waals surface area contributed by atoms with E-state index in [1.807, 2.05) is 31.2 Å². The largest absolute Gasteiger partial charge is 0.358 e. The molecule has 3 nitrogen and oxygen atoms in total. The molecule has 0 bridgehead atoms. The lowest BCUT2D eigenvalue weighted by molar-refractivity contribution is 0.342. The van der Waals surface area contributed by atoms with Crippen molar-refractivity contribution in [3.05, 3.63) is 76.1 Å². The second kappa shape index (κ2) is 6.73. The van der Waals surface area contributed by atoms with E-state index in [-0.39, 0.29) is 6.04 Å². The van der Waals surface area contributed by atoms with Crippen LogP contribution in [0.15, 0.2) is 58.0 Å². The van der Waals surface area contributed by atoms with Crippen molar-refractivity contribution in [1.82, 2.24) is 5.16 Å². The molecular formula is C22H21ClN2O. The fourth-order valence-electron chi connectivity index (χ4n) is 3.58. The zero-order valence-corrected chi connectivity index (χ0v) is 15.9. The Balaban J connectivity index is 1.98. The molecule has 0 spiro atoms. The van der Waals surface area contributed by atoms with Gasteiger partial charge in [-0.1, -0.05) is 67.0 Å². The summed E-state index contributed by atoms with van der Waals surface area (Å²) in [5.41, 5.74) is 6.27. The van der Waals surface area contributed by atoms with Gasteiger partial charge >= 0.3 is 0 Å². The maximum atomic E-state index is 6.09. The molecule has 0 saturated carbocycles. The zero-order valence-electron chi connectivity index (χ0n) is 15.2. The molecule has 1 aromatic heterocycles. The van der Waals surface area contributed by atoms with E-state index >= 15 is 0 Å². The van der Waals surface area contributed by atoms with Gasteiger partial charge in [-0.05, 0) is 37.0 Å². The number of aromatic nitrogens is 1. The van der Waals surface area contributed by atoms with Crippen LogP contribution in [0.5, 0.6) is 0 Å². The van der Waals surface area contributed by atoms with Crippen LogP contribution in [0, 0.1) is 12.8 Å². The predicted octanol–water partition coefficient (Wildman–Crippen LogP) is 6.24. The Bertz CT molecular complexity index is 970. The van der Waals surface area contributed by atoms with Crippen LogP contribution in [0.25, 0.3) is 11.1 Å². The molecule has 26 heavy (non-hydrogen) atoms. The molecular weight excluding hydrogens is 344 g/mol. The van der Waals surface area contributed by atoms with Crippen LogP contribution in [-0.4, -0.2) is 10.9 Å². The van der Waals surface area contributed by atoms with E-state index in [0.717, 1.165) is 50.9 Å². The maximum absolute atomic E-state index is 6.09. The van der Waals surface area contributed by atoms with Gasteiger partial charge in [-0.3, -0.25) is 4.99 Å². The van der Waals surface area contributed by atoms with Crippen molar-refractivity contribution in [3.63, 3.8) is 0 Å². The van der Waals surface area contributed by atoms with Gasteiger partial charge in [0, 0.05) is 16.1 Å². The lowest BCUT2D eigenvalue weighted by Crippen LogP contribution is -2.07. The van der Waals surface area contributed by atoms with Gasteiger partial charge in [0.15, 0.2) is 5.76 Å². The summed E-state index contributed by atoms with van der Waals surface area (Å²) in [5.74, 6) is 1.36. The van der Waals surface area contributed by atoms with E-state index in [2.05, 4.69) is 43.3 Å². The van der Waals surface area contributed by atoms with Crippen LogP contribution in [0.1, 0.15) is 48.9 Å². The van der Waals surface area contributed by atoms with E-state index in [1.165, 1.54) is 0 Å². The summed E-state index contributed by atoms with van der Waals surface area (Å²) in [5, 5.41) is 4.97. The second-order valence-corrected chi connectivity index (χ2v) is 7.62. The third-order valence-electron chi connectivity index (χ3n) is 4.74. The zero-order chi connectivity index (χ0) is 18.3. The van der Waals surface area contributed by atoms with Gasteiger partial charge in [0.05, 0.1) is 17.0 Å². The first kappa shape index (κ1) is 17.0. The molecule has 1 atom stereocenters. The van der Waals surface area contributed by atoms with Crippen LogP contribution < -0.4 is 0 Å². The van der Waals surface area contributed by atoms with Gasteiger partial charge in [-0.2, -0.15) is 0 Å². The molecule has 132 valence electrons. The average Bonchev–Trinajstić information content (AvgIpc) is 2.94. The van der Waals surface area contributed by atoms with Crippen LogP contribution >= 0.6 is 11.6 Å². The van der Waals surface area contributed by atoms with Gasteiger partial charge in [0.2, 0.25) is 0 Å². The van der Waals surface area contributed by atoms with E-state index in [1.54, 1.807) is 0 Å². The lowest BCUT2D eigenvalue weighted by atomic mass is 9.92. The fraction of sp³-hybridized carbons (Fsp3) is 0.273. The van der Waals surface area contributed by atoms with Crippen LogP contribution in [0.4, 0.5) is 0 Å². The van der Waals surface area contributed by atoms with Crippen molar-refractivity contribution in [1.29, 1.82) is 0 Å². The van der Waals surface area contributed by atoms with Crippen molar-refractivity contribution in [2.45, 2.75) is 33.2 Å². The van der Waals surface area contributed by atoms with E-state index < -0.39 is 0 Å². The molecule has 1 aliphatic rings. The third-order valence-corrected chi connectivity index (χ3v) is 4.99. The molecule has 2 heterocycles. The smallest absolute Gasteiger partial charge is 0.169 e. The second-order valence-electron chi connectivity index (χ2n) is 7.18. The number of hydrogen-bond acceptors (Lipinski definition) is 3. The summed E-state index contributed by atoms with van der Waals surface area (Å²) in [6.07, 6.45) is 0.909. The van der Waals surface area contributed by atoms with Crippen molar-refractivity contribution >= 4 is 17.3 Å². The first-order chi connectivity index (χ1) is 12.5. The highest BCUT2D eigenvalue weighted by Crippen LogP contribution is 2.41. The third kappa shape index (κ3) is 2.97. The number of benzene rings is 2. The maximum Gasteiger partial charge on any atom is 0.169 e. The molecule has 2 aromatic carbocycles. The Labute approximate surface area is 158 Å². The minimum atomic E-state index is -0.0516. The van der Waals surface area contributed by atoms with Crippen LogP contribution in [0.2, 0.25) is 5.02 Å². The molecule has 0 aliphatic carbocycles. The van der Waals surface area contributed by atoms with Crippen molar-refractivity contribution in [3.8, 4) is 11.1 Å². The van der Waals surface area contributed by atoms with Gasteiger partial charge in [0.25, 0.3) is 0 Å². The minimum Gasteiger partial charge on any atom is -0.358 e. The summed E-state index contributed by atoms with van der Waals surface area (Å²) in [6.45, 7) is 6.41. The Morgan fingerprint density at radius 3 is 2.42 bits per heavy atom. The molecule has 0 fully saturated rings. The lowest BCUT2D eigenvalue weighted by Gasteiger charge is -2.14. The summed E-state index contributed by atoms with van der Waals surface area (Å²) < 4.78 is 5.76. The summed E-state index contributed by atoms with van der Waals surface area (Å²) in [4.78, 5) is 5.15. The molecule has 0 radical (unpaired) electrons. The predicted molar refractivity (Wildman–Crippen MR) is 106 cm³/mol. The average molecular weight is 365 g/mol. The number of halogens is 1. The van der Waals surface area contributed by atoms with E-state index in [4.69, 9.17) is 21.1 Å². The number of fused-ring (bicyclic) bond motifs is 3. The number of aliphatic imine (C=N–C) groups is 1. The molecule has 1 aliphatic heterocycles. The molecule has 0 unspecified atom stereocenters. The Morgan fingerprint density at radius 2 is 1.73 bits per heavy atom. The van der Waals surface area contributed by atoms with E-state index in [9.17, 15) is 0 Å². The van der Waals surface area contributed by atoms with E-state index in [0.29, 0.717) is 5.92 Å². The molecule has 0 amide bonds. The molecule has 0 N–H and O–H groups in total. The van der Waals surface area contributed by atoms with Gasteiger partial charge < -0.3 is 4.52 Å². The Morgan fingerprint density at radius 1 is 1.04 bits per heavy atom. The van der Waals surface area contributed by atoms with Crippen molar-refractivity contribution in [2.75, 3.05) is 0 Å². The number of nitrogens with zero attached hydrogens (tertiary/aromatic N) is 2. The summed E-state index contributed by atoms with van der Waals surface area (Å²) >= 11 is 6.09. The Kier molecular flexibility index (Phi) is 4.41. The monoisotopic (exact) mass is 364 g/mol. The first-order valence-corrected chi connectivity index (χ1v) is 9.32. The molecule has 3 aromatic rings. The summed E-state index contributed by atoms with van der Waals surface area (Å²) in [6, 6.07) is 16.2. The number of aryl methyl sites for hydroxylation is 1. The van der Waals surface area contributed by atoms with Crippen molar-refractivity contribution < 1.29 is 4.52 Å². The first-order valence-electron chi connectivity index (χ1n) is 8.94. The highest BCUT2D eigenvalue weighted by atomic mass is 35.5. The van der Waals surface area contributed by atoms with Crippen LogP contribution in [0.3, 0.4) is 0 Å². The molecule has 4 rings (SSSR count). The minimum absolute atomic E-state index is 0.0516. The topological polar surface area (TPSA) is 38.4 Å². The van der Waals surface area contributed by atoms with Gasteiger partial charge in [0.1, 0.15) is 6.04 Å². The number of rotatable bonds is 3. The van der Waals surface area contributed by atoms with Gasteiger partial charge in [-0.15, -0.1) is 0 Å². The Hall–Kier alpha value is -2.39. The quantitative estimate of drug-likeness (QED) is 0.551.